The van der Waals surface area contributed by atoms with Crippen LogP contribution in [0.3, 0.4) is 0 Å². The molecule has 0 radical (unpaired) electrons. The number of carbonyl (C=O) groups excluding carboxylic acids is 2. The SMILES string of the molecule is C=CCOC(=O)CC(C(C)=O)S(=O)(=O)c1ccccc1. The zero-order chi connectivity index (χ0) is 15.2. The van der Waals surface area contributed by atoms with Gasteiger partial charge in [-0.25, -0.2) is 8.42 Å². The number of ketones is 1. The van der Waals surface area contributed by atoms with Crippen LogP contribution in [-0.2, 0) is 24.2 Å². The molecule has 5 nitrogen and oxygen atoms in total. The van der Waals surface area contributed by atoms with E-state index in [0.29, 0.717) is 0 Å². The smallest absolute Gasteiger partial charge is 0.307 e. The number of sulfone groups is 1. The van der Waals surface area contributed by atoms with Crippen LogP contribution >= 0.6 is 0 Å². The molecule has 1 unspecified atom stereocenters. The Balaban J connectivity index is 3.00. The normalized spacial score (nSPS) is 12.4. The van der Waals surface area contributed by atoms with E-state index < -0.39 is 33.3 Å². The van der Waals surface area contributed by atoms with Gasteiger partial charge in [-0.3, -0.25) is 9.59 Å². The Morgan fingerprint density at radius 3 is 2.40 bits per heavy atom. The average Bonchev–Trinajstić information content (AvgIpc) is 2.43. The fourth-order valence-electron chi connectivity index (χ4n) is 1.61. The predicted molar refractivity (Wildman–Crippen MR) is 73.9 cm³/mol. The summed E-state index contributed by atoms with van der Waals surface area (Å²) in [4.78, 5) is 23.1. The molecule has 0 spiro atoms. The summed E-state index contributed by atoms with van der Waals surface area (Å²) < 4.78 is 29.4. The molecule has 108 valence electrons. The minimum Gasteiger partial charge on any atom is -0.461 e. The van der Waals surface area contributed by atoms with Crippen LogP contribution in [0.1, 0.15) is 13.3 Å². The Hall–Kier alpha value is -1.95. The largest absolute Gasteiger partial charge is 0.461 e. The van der Waals surface area contributed by atoms with Crippen LogP contribution in [0.4, 0.5) is 0 Å². The molecule has 6 heteroatoms. The van der Waals surface area contributed by atoms with Gasteiger partial charge in [0, 0.05) is 0 Å². The lowest BCUT2D eigenvalue weighted by molar-refractivity contribution is -0.143. The summed E-state index contributed by atoms with van der Waals surface area (Å²) in [6, 6.07) is 7.56. The number of carbonyl (C=O) groups is 2. The molecule has 0 aliphatic rings. The van der Waals surface area contributed by atoms with Gasteiger partial charge >= 0.3 is 5.97 Å². The van der Waals surface area contributed by atoms with E-state index in [2.05, 4.69) is 6.58 Å². The van der Waals surface area contributed by atoms with Crippen LogP contribution < -0.4 is 0 Å². The van der Waals surface area contributed by atoms with Crippen molar-refractivity contribution in [1.82, 2.24) is 0 Å². The first-order valence-electron chi connectivity index (χ1n) is 5.95. The molecule has 1 atom stereocenters. The second-order valence-corrected chi connectivity index (χ2v) is 6.26. The van der Waals surface area contributed by atoms with Crippen molar-refractivity contribution in [3.8, 4) is 0 Å². The Labute approximate surface area is 118 Å². The lowest BCUT2D eigenvalue weighted by Gasteiger charge is -2.14. The van der Waals surface area contributed by atoms with E-state index >= 15 is 0 Å². The summed E-state index contributed by atoms with van der Waals surface area (Å²) in [5.74, 6) is -1.34. The molecule has 0 bridgehead atoms. The van der Waals surface area contributed by atoms with E-state index in [1.807, 2.05) is 0 Å². The number of Topliss-reactive ketones (excluding diaryl/α,β-unsaturated/α-hetero) is 1. The molecular formula is C14H16O5S. The Morgan fingerprint density at radius 1 is 1.30 bits per heavy atom. The molecule has 0 N–H and O–H groups in total. The van der Waals surface area contributed by atoms with Crippen molar-refractivity contribution in [3.63, 3.8) is 0 Å². The fourth-order valence-corrected chi connectivity index (χ4v) is 3.27. The average molecular weight is 296 g/mol. The Bertz CT molecular complexity index is 589. The summed E-state index contributed by atoms with van der Waals surface area (Å²) in [6.45, 7) is 4.51. The van der Waals surface area contributed by atoms with Gasteiger partial charge in [-0.15, -0.1) is 0 Å². The molecule has 0 aliphatic heterocycles. The van der Waals surface area contributed by atoms with Gasteiger partial charge in [-0.1, -0.05) is 30.9 Å². The second kappa shape index (κ2) is 7.00. The molecule has 0 aliphatic carbocycles. The molecule has 0 aromatic heterocycles. The van der Waals surface area contributed by atoms with Crippen LogP contribution in [0.25, 0.3) is 0 Å². The Morgan fingerprint density at radius 2 is 1.90 bits per heavy atom. The molecule has 0 heterocycles. The summed E-state index contributed by atoms with van der Waals surface area (Å²) in [5.41, 5.74) is 0. The van der Waals surface area contributed by atoms with E-state index in [1.165, 1.54) is 18.2 Å². The molecule has 1 aromatic rings. The van der Waals surface area contributed by atoms with E-state index in [0.717, 1.165) is 6.92 Å². The minimum absolute atomic E-state index is 0.0109. The van der Waals surface area contributed by atoms with Gasteiger partial charge in [0.15, 0.2) is 9.84 Å². The first-order valence-corrected chi connectivity index (χ1v) is 7.50. The molecule has 1 aromatic carbocycles. The quantitative estimate of drug-likeness (QED) is 0.563. The third-order valence-corrected chi connectivity index (χ3v) is 4.79. The summed E-state index contributed by atoms with van der Waals surface area (Å²) in [6.07, 6.45) is 0.868. The lowest BCUT2D eigenvalue weighted by Crippen LogP contribution is -2.31. The van der Waals surface area contributed by atoms with Crippen molar-refractivity contribution in [1.29, 1.82) is 0 Å². The molecule has 0 saturated carbocycles. The van der Waals surface area contributed by atoms with Crippen molar-refractivity contribution in [2.24, 2.45) is 0 Å². The highest BCUT2D eigenvalue weighted by Gasteiger charge is 2.33. The molecular weight excluding hydrogens is 280 g/mol. The molecule has 0 fully saturated rings. The van der Waals surface area contributed by atoms with E-state index in [1.54, 1.807) is 18.2 Å². The van der Waals surface area contributed by atoms with Crippen LogP contribution in [0.2, 0.25) is 0 Å². The monoisotopic (exact) mass is 296 g/mol. The maximum Gasteiger partial charge on any atom is 0.307 e. The third-order valence-electron chi connectivity index (χ3n) is 2.61. The van der Waals surface area contributed by atoms with Gasteiger partial charge < -0.3 is 4.74 Å². The fraction of sp³-hybridized carbons (Fsp3) is 0.286. The highest BCUT2D eigenvalue weighted by Crippen LogP contribution is 2.19. The van der Waals surface area contributed by atoms with Gasteiger partial charge in [0.1, 0.15) is 17.6 Å². The molecule has 0 saturated heterocycles. The molecule has 0 amide bonds. The predicted octanol–water partition coefficient (Wildman–Crippen LogP) is 1.54. The minimum atomic E-state index is -3.90. The number of esters is 1. The van der Waals surface area contributed by atoms with Crippen molar-refractivity contribution in [2.45, 2.75) is 23.5 Å². The van der Waals surface area contributed by atoms with Crippen molar-refractivity contribution < 1.29 is 22.7 Å². The van der Waals surface area contributed by atoms with Crippen molar-refractivity contribution in [2.75, 3.05) is 6.61 Å². The second-order valence-electron chi connectivity index (χ2n) is 4.13. The Kier molecular flexibility index (Phi) is 5.64. The zero-order valence-corrected chi connectivity index (χ0v) is 11.9. The lowest BCUT2D eigenvalue weighted by atomic mass is 10.2. The first-order chi connectivity index (χ1) is 9.39. The highest BCUT2D eigenvalue weighted by atomic mass is 32.2. The number of hydrogen-bond acceptors (Lipinski definition) is 5. The summed E-state index contributed by atoms with van der Waals surface area (Å²) in [7, 11) is -3.90. The number of ether oxygens (including phenoxy) is 1. The van der Waals surface area contributed by atoms with Crippen LogP contribution in [0.15, 0.2) is 47.9 Å². The van der Waals surface area contributed by atoms with Crippen LogP contribution in [0, 0.1) is 0 Å². The number of rotatable bonds is 7. The summed E-state index contributed by atoms with van der Waals surface area (Å²) in [5, 5.41) is -1.43. The van der Waals surface area contributed by atoms with E-state index in [-0.39, 0.29) is 11.5 Å². The number of hydrogen-bond donors (Lipinski definition) is 0. The highest BCUT2D eigenvalue weighted by molar-refractivity contribution is 7.92. The topological polar surface area (TPSA) is 77.5 Å². The maximum atomic E-state index is 12.3. The van der Waals surface area contributed by atoms with Crippen LogP contribution in [-0.4, -0.2) is 32.0 Å². The van der Waals surface area contributed by atoms with E-state index in [9.17, 15) is 18.0 Å². The van der Waals surface area contributed by atoms with Crippen LogP contribution in [0.5, 0.6) is 0 Å². The van der Waals surface area contributed by atoms with Crippen molar-refractivity contribution >= 4 is 21.6 Å². The zero-order valence-electron chi connectivity index (χ0n) is 11.1. The molecule has 1 rings (SSSR count). The van der Waals surface area contributed by atoms with Gasteiger partial charge in [-0.2, -0.15) is 0 Å². The summed E-state index contributed by atoms with van der Waals surface area (Å²) >= 11 is 0. The third kappa shape index (κ3) is 4.03. The molecule has 20 heavy (non-hydrogen) atoms. The standard InChI is InChI=1S/C14H16O5S/c1-3-9-19-14(16)10-13(11(2)15)20(17,18)12-7-5-4-6-8-12/h3-8,13H,1,9-10H2,2H3. The van der Waals surface area contributed by atoms with Crippen molar-refractivity contribution in [3.05, 3.63) is 43.0 Å². The van der Waals surface area contributed by atoms with Gasteiger partial charge in [0.05, 0.1) is 11.3 Å². The maximum absolute atomic E-state index is 12.3. The number of benzene rings is 1. The van der Waals surface area contributed by atoms with Gasteiger partial charge in [0.2, 0.25) is 0 Å². The van der Waals surface area contributed by atoms with Gasteiger partial charge in [-0.05, 0) is 19.1 Å². The van der Waals surface area contributed by atoms with Gasteiger partial charge in [0.25, 0.3) is 0 Å². The first kappa shape index (κ1) is 16.1. The van der Waals surface area contributed by atoms with E-state index in [4.69, 9.17) is 4.74 Å².